The molecule has 0 fully saturated rings. The lowest BCUT2D eigenvalue weighted by atomic mass is 9.89. The normalized spacial score (nSPS) is 11.1. The summed E-state index contributed by atoms with van der Waals surface area (Å²) in [5.41, 5.74) is 0. The third kappa shape index (κ3) is 2.56. The number of fused-ring (bicyclic) bond motifs is 3. The average Bonchev–Trinajstić information content (AvgIpc) is 2.74. The Bertz CT molecular complexity index is 1280. The molecule has 0 aliphatic rings. The maximum Gasteiger partial charge on any atom is 0.115 e. The molecule has 0 aliphatic carbocycles. The standard InChI is InChI=1S/C20H12.C6H6O/c1-2-8-16-15(7-1)17-9-3-5-13-11-12-14-6-4-10-18(16)20(14)19(13)17;7-6-4-2-1-3-5-6/h1-12H;1-5,7H. The van der Waals surface area contributed by atoms with Crippen LogP contribution in [0, 0.1) is 0 Å². The Morgan fingerprint density at radius 1 is 0.370 bits per heavy atom. The van der Waals surface area contributed by atoms with E-state index >= 15 is 0 Å². The van der Waals surface area contributed by atoms with Gasteiger partial charge in [0, 0.05) is 0 Å². The molecular weight excluding hydrogens is 328 g/mol. The van der Waals surface area contributed by atoms with Crippen LogP contribution in [0.5, 0.6) is 5.75 Å². The number of rotatable bonds is 0. The first-order valence-corrected chi connectivity index (χ1v) is 9.11. The van der Waals surface area contributed by atoms with Crippen LogP contribution in [0.4, 0.5) is 0 Å². The van der Waals surface area contributed by atoms with Crippen LogP contribution in [0.1, 0.15) is 0 Å². The van der Waals surface area contributed by atoms with Crippen molar-refractivity contribution in [2.45, 2.75) is 0 Å². The minimum Gasteiger partial charge on any atom is -0.508 e. The van der Waals surface area contributed by atoms with Crippen molar-refractivity contribution in [1.82, 2.24) is 0 Å². The van der Waals surface area contributed by atoms with Gasteiger partial charge in [-0.05, 0) is 55.2 Å². The first kappa shape index (κ1) is 15.7. The Kier molecular flexibility index (Phi) is 3.65. The molecule has 6 aromatic rings. The van der Waals surface area contributed by atoms with Crippen LogP contribution in [0.3, 0.4) is 0 Å². The molecule has 1 nitrogen and oxygen atoms in total. The van der Waals surface area contributed by atoms with Crippen molar-refractivity contribution >= 4 is 43.1 Å². The summed E-state index contributed by atoms with van der Waals surface area (Å²) in [6.07, 6.45) is 0. The van der Waals surface area contributed by atoms with Crippen LogP contribution in [-0.4, -0.2) is 5.11 Å². The van der Waals surface area contributed by atoms with Gasteiger partial charge in [0.1, 0.15) is 5.75 Å². The molecule has 0 aromatic heterocycles. The molecule has 1 heteroatoms. The number of hydrogen-bond donors (Lipinski definition) is 1. The fraction of sp³-hybridized carbons (Fsp3) is 0. The highest BCUT2D eigenvalue weighted by Crippen LogP contribution is 2.40. The fourth-order valence-electron chi connectivity index (χ4n) is 3.99. The SMILES string of the molecule is Oc1ccccc1.c1ccc2c(c1)c1cccc3ccc4cccc2c4c31. The minimum absolute atomic E-state index is 0.322. The quantitative estimate of drug-likeness (QED) is 0.229. The van der Waals surface area contributed by atoms with Gasteiger partial charge in [-0.25, -0.2) is 0 Å². The smallest absolute Gasteiger partial charge is 0.115 e. The molecular formula is C26H18O. The Morgan fingerprint density at radius 3 is 1.26 bits per heavy atom. The third-order valence-corrected chi connectivity index (χ3v) is 5.15. The Morgan fingerprint density at radius 2 is 0.815 bits per heavy atom. The number of phenolic OH excluding ortho intramolecular Hbond substituents is 1. The summed E-state index contributed by atoms with van der Waals surface area (Å²) in [5, 5.41) is 19.5. The summed E-state index contributed by atoms with van der Waals surface area (Å²) in [5.74, 6) is 0.322. The van der Waals surface area contributed by atoms with Crippen LogP contribution < -0.4 is 0 Å². The highest BCUT2D eigenvalue weighted by Gasteiger charge is 2.11. The van der Waals surface area contributed by atoms with Gasteiger partial charge in [0.25, 0.3) is 0 Å². The predicted molar refractivity (Wildman–Crippen MR) is 116 cm³/mol. The van der Waals surface area contributed by atoms with E-state index in [0.29, 0.717) is 5.75 Å². The third-order valence-electron chi connectivity index (χ3n) is 5.15. The maximum absolute atomic E-state index is 8.63. The van der Waals surface area contributed by atoms with E-state index in [-0.39, 0.29) is 0 Å². The van der Waals surface area contributed by atoms with Crippen molar-refractivity contribution in [2.75, 3.05) is 0 Å². The van der Waals surface area contributed by atoms with Gasteiger partial charge in [-0.15, -0.1) is 0 Å². The molecule has 0 amide bonds. The second-order valence-corrected chi connectivity index (χ2v) is 6.75. The lowest BCUT2D eigenvalue weighted by molar-refractivity contribution is 0.475. The van der Waals surface area contributed by atoms with E-state index in [4.69, 9.17) is 5.11 Å². The number of aromatic hydroxyl groups is 1. The molecule has 0 aliphatic heterocycles. The van der Waals surface area contributed by atoms with E-state index in [0.717, 1.165) is 0 Å². The highest BCUT2D eigenvalue weighted by atomic mass is 16.3. The molecule has 0 saturated carbocycles. The van der Waals surface area contributed by atoms with Crippen LogP contribution in [0.25, 0.3) is 43.1 Å². The van der Waals surface area contributed by atoms with Crippen LogP contribution in [0.2, 0.25) is 0 Å². The van der Waals surface area contributed by atoms with E-state index in [1.165, 1.54) is 43.1 Å². The van der Waals surface area contributed by atoms with Gasteiger partial charge >= 0.3 is 0 Å². The summed E-state index contributed by atoms with van der Waals surface area (Å²) < 4.78 is 0. The topological polar surface area (TPSA) is 20.2 Å². The number of benzene rings is 6. The highest BCUT2D eigenvalue weighted by molar-refractivity contribution is 6.33. The first-order valence-electron chi connectivity index (χ1n) is 9.11. The maximum atomic E-state index is 8.63. The first-order chi connectivity index (χ1) is 13.3. The van der Waals surface area contributed by atoms with Crippen LogP contribution >= 0.6 is 0 Å². The molecule has 6 rings (SSSR count). The van der Waals surface area contributed by atoms with Gasteiger partial charge in [-0.1, -0.05) is 91.0 Å². The molecule has 6 aromatic carbocycles. The van der Waals surface area contributed by atoms with Gasteiger partial charge in [0.2, 0.25) is 0 Å². The summed E-state index contributed by atoms with van der Waals surface area (Å²) in [7, 11) is 0. The van der Waals surface area contributed by atoms with Gasteiger partial charge in [-0.3, -0.25) is 0 Å². The molecule has 0 atom stereocenters. The second-order valence-electron chi connectivity index (χ2n) is 6.75. The summed E-state index contributed by atoms with van der Waals surface area (Å²) in [6.45, 7) is 0. The summed E-state index contributed by atoms with van der Waals surface area (Å²) in [6, 6.07) is 35.2. The molecule has 0 unspecified atom stereocenters. The Labute approximate surface area is 157 Å². The zero-order valence-corrected chi connectivity index (χ0v) is 14.8. The van der Waals surface area contributed by atoms with E-state index in [1.807, 2.05) is 6.07 Å². The van der Waals surface area contributed by atoms with E-state index < -0.39 is 0 Å². The van der Waals surface area contributed by atoms with Crippen LogP contribution in [0.15, 0.2) is 103 Å². The van der Waals surface area contributed by atoms with E-state index in [9.17, 15) is 0 Å². The summed E-state index contributed by atoms with van der Waals surface area (Å²) >= 11 is 0. The number of para-hydroxylation sites is 1. The average molecular weight is 346 g/mol. The van der Waals surface area contributed by atoms with E-state index in [2.05, 4.69) is 72.8 Å². The summed E-state index contributed by atoms with van der Waals surface area (Å²) in [4.78, 5) is 0. The Hall–Kier alpha value is -3.58. The fourth-order valence-corrected chi connectivity index (χ4v) is 3.99. The predicted octanol–water partition coefficient (Wildman–Crippen LogP) is 7.13. The Balaban J connectivity index is 0.000000195. The van der Waals surface area contributed by atoms with Crippen molar-refractivity contribution in [3.05, 3.63) is 103 Å². The molecule has 1 N–H and O–H groups in total. The van der Waals surface area contributed by atoms with Crippen LogP contribution in [-0.2, 0) is 0 Å². The zero-order chi connectivity index (χ0) is 18.2. The van der Waals surface area contributed by atoms with Crippen molar-refractivity contribution in [1.29, 1.82) is 0 Å². The van der Waals surface area contributed by atoms with Crippen molar-refractivity contribution in [3.8, 4) is 5.75 Å². The van der Waals surface area contributed by atoms with Gasteiger partial charge < -0.3 is 5.11 Å². The number of hydrogen-bond acceptors (Lipinski definition) is 1. The van der Waals surface area contributed by atoms with Gasteiger partial charge in [0.15, 0.2) is 0 Å². The molecule has 0 saturated heterocycles. The minimum atomic E-state index is 0.322. The number of phenols is 1. The van der Waals surface area contributed by atoms with E-state index in [1.54, 1.807) is 24.3 Å². The molecule has 0 spiro atoms. The second kappa shape index (κ2) is 6.30. The van der Waals surface area contributed by atoms with Crippen molar-refractivity contribution < 1.29 is 5.11 Å². The molecule has 0 heterocycles. The van der Waals surface area contributed by atoms with Crippen molar-refractivity contribution in [2.24, 2.45) is 0 Å². The van der Waals surface area contributed by atoms with Gasteiger partial charge in [0.05, 0.1) is 0 Å². The molecule has 27 heavy (non-hydrogen) atoms. The van der Waals surface area contributed by atoms with Gasteiger partial charge in [-0.2, -0.15) is 0 Å². The molecule has 0 radical (unpaired) electrons. The van der Waals surface area contributed by atoms with Crippen molar-refractivity contribution in [3.63, 3.8) is 0 Å². The zero-order valence-electron chi connectivity index (χ0n) is 14.8. The lowest BCUT2D eigenvalue weighted by Crippen LogP contribution is -1.86. The molecule has 0 bridgehead atoms. The lowest BCUT2D eigenvalue weighted by Gasteiger charge is -2.14. The largest absolute Gasteiger partial charge is 0.508 e. The monoisotopic (exact) mass is 346 g/mol. The molecule has 128 valence electrons.